The van der Waals surface area contributed by atoms with Gasteiger partial charge in [-0.25, -0.2) is 13.2 Å². The fraction of sp³-hybridized carbons (Fsp3) is 0.591. The largest absolute Gasteiger partial charge is 0.454 e. The third-order valence-electron chi connectivity index (χ3n) is 4.77. The van der Waals surface area contributed by atoms with Crippen molar-refractivity contribution in [1.82, 2.24) is 14.9 Å². The number of morpholine rings is 1. The van der Waals surface area contributed by atoms with Crippen LogP contribution in [-0.2, 0) is 29.1 Å². The maximum atomic E-state index is 12.9. The van der Waals surface area contributed by atoms with E-state index in [2.05, 4.69) is 10.6 Å². The molecule has 0 radical (unpaired) electrons. The molecule has 1 saturated heterocycles. The van der Waals surface area contributed by atoms with Gasteiger partial charge >= 0.3 is 5.97 Å². The normalized spacial score (nSPS) is 16.2. The number of hydrogen-bond acceptors (Lipinski definition) is 7. The SMILES string of the molecule is CC(C)[C@H](NC(=O)c1cccc(S(=O)(=O)N2CCOCC2)c1)C(=O)OCC(=O)NC(C)(C)C. The summed E-state index contributed by atoms with van der Waals surface area (Å²) in [5.41, 5.74) is -0.380. The Hall–Kier alpha value is -2.50. The minimum Gasteiger partial charge on any atom is -0.454 e. The zero-order valence-electron chi connectivity index (χ0n) is 19.7. The molecule has 0 unspecified atom stereocenters. The van der Waals surface area contributed by atoms with Gasteiger partial charge in [0.15, 0.2) is 6.61 Å². The van der Waals surface area contributed by atoms with Crippen LogP contribution in [0.3, 0.4) is 0 Å². The average molecular weight is 484 g/mol. The summed E-state index contributed by atoms with van der Waals surface area (Å²) in [6.07, 6.45) is 0. The van der Waals surface area contributed by atoms with Crippen molar-refractivity contribution in [3.63, 3.8) is 0 Å². The average Bonchev–Trinajstić information content (AvgIpc) is 2.75. The first-order valence-electron chi connectivity index (χ1n) is 10.8. The molecule has 1 heterocycles. The second-order valence-corrected chi connectivity index (χ2v) is 11.1. The molecular weight excluding hydrogens is 450 g/mol. The Bertz CT molecular complexity index is 964. The van der Waals surface area contributed by atoms with Gasteiger partial charge in [0.05, 0.1) is 18.1 Å². The van der Waals surface area contributed by atoms with Gasteiger partial charge in [0.2, 0.25) is 10.0 Å². The molecule has 0 spiro atoms. The Morgan fingerprint density at radius 2 is 1.79 bits per heavy atom. The van der Waals surface area contributed by atoms with E-state index in [1.165, 1.54) is 28.6 Å². The molecule has 11 heteroatoms. The summed E-state index contributed by atoms with van der Waals surface area (Å²) in [5.74, 6) is -2.15. The molecule has 1 aliphatic heterocycles. The summed E-state index contributed by atoms with van der Waals surface area (Å²) in [7, 11) is -3.78. The Kier molecular flexibility index (Phi) is 8.98. The van der Waals surface area contributed by atoms with Gasteiger partial charge in [-0.15, -0.1) is 0 Å². The summed E-state index contributed by atoms with van der Waals surface area (Å²) in [4.78, 5) is 37.2. The van der Waals surface area contributed by atoms with Gasteiger partial charge in [-0.1, -0.05) is 19.9 Å². The van der Waals surface area contributed by atoms with Crippen LogP contribution in [0, 0.1) is 5.92 Å². The van der Waals surface area contributed by atoms with Crippen LogP contribution < -0.4 is 10.6 Å². The van der Waals surface area contributed by atoms with Crippen molar-refractivity contribution >= 4 is 27.8 Å². The maximum absolute atomic E-state index is 12.9. The number of nitrogens with one attached hydrogen (secondary N) is 2. The molecule has 10 nitrogen and oxygen atoms in total. The molecule has 1 aromatic carbocycles. The highest BCUT2D eigenvalue weighted by molar-refractivity contribution is 7.89. The third kappa shape index (κ3) is 7.79. The van der Waals surface area contributed by atoms with Crippen LogP contribution in [-0.4, -0.2) is 75.0 Å². The van der Waals surface area contributed by atoms with Crippen LogP contribution in [0.25, 0.3) is 0 Å². The molecule has 1 fully saturated rings. The molecule has 1 aromatic rings. The van der Waals surface area contributed by atoms with E-state index < -0.39 is 46.0 Å². The maximum Gasteiger partial charge on any atom is 0.329 e. The first-order chi connectivity index (χ1) is 15.3. The Labute approximate surface area is 195 Å². The minimum absolute atomic E-state index is 0.0143. The number of benzene rings is 1. The molecule has 0 aliphatic carbocycles. The predicted octanol–water partition coefficient (Wildman–Crippen LogP) is 0.920. The molecule has 2 amide bonds. The van der Waals surface area contributed by atoms with E-state index in [0.717, 1.165) is 0 Å². The molecular formula is C22H33N3O7S. The van der Waals surface area contributed by atoms with Crippen LogP contribution in [0.2, 0.25) is 0 Å². The summed E-state index contributed by atoms with van der Waals surface area (Å²) < 4.78 is 37.3. The molecule has 0 saturated carbocycles. The van der Waals surface area contributed by atoms with E-state index in [1.54, 1.807) is 34.6 Å². The van der Waals surface area contributed by atoms with Gasteiger partial charge in [-0.3, -0.25) is 9.59 Å². The van der Waals surface area contributed by atoms with E-state index in [4.69, 9.17) is 9.47 Å². The molecule has 2 rings (SSSR count). The molecule has 0 aromatic heterocycles. The number of ether oxygens (including phenoxy) is 2. The number of nitrogens with zero attached hydrogens (tertiary/aromatic N) is 1. The summed E-state index contributed by atoms with van der Waals surface area (Å²) in [6.45, 7) is 9.48. The van der Waals surface area contributed by atoms with Crippen molar-refractivity contribution in [1.29, 1.82) is 0 Å². The van der Waals surface area contributed by atoms with Gasteiger partial charge in [0.1, 0.15) is 6.04 Å². The number of esters is 1. The quantitative estimate of drug-likeness (QED) is 0.526. The third-order valence-corrected chi connectivity index (χ3v) is 6.67. The summed E-state index contributed by atoms with van der Waals surface area (Å²) in [6, 6.07) is 4.62. The Morgan fingerprint density at radius 3 is 2.36 bits per heavy atom. The second-order valence-electron chi connectivity index (χ2n) is 9.15. The van der Waals surface area contributed by atoms with E-state index in [1.807, 2.05) is 0 Å². The lowest BCUT2D eigenvalue weighted by atomic mass is 10.0. The van der Waals surface area contributed by atoms with Gasteiger partial charge in [0.25, 0.3) is 11.8 Å². The van der Waals surface area contributed by atoms with E-state index in [-0.39, 0.29) is 29.5 Å². The van der Waals surface area contributed by atoms with Crippen LogP contribution in [0.1, 0.15) is 45.0 Å². The van der Waals surface area contributed by atoms with Crippen LogP contribution >= 0.6 is 0 Å². The monoisotopic (exact) mass is 483 g/mol. The highest BCUT2D eigenvalue weighted by atomic mass is 32.2. The Morgan fingerprint density at radius 1 is 1.15 bits per heavy atom. The number of carbonyl (C=O) groups excluding carboxylic acids is 3. The minimum atomic E-state index is -3.78. The van der Waals surface area contributed by atoms with Crippen molar-refractivity contribution in [3.8, 4) is 0 Å². The number of rotatable bonds is 8. The molecule has 33 heavy (non-hydrogen) atoms. The summed E-state index contributed by atoms with van der Waals surface area (Å²) in [5, 5.41) is 5.27. The van der Waals surface area contributed by atoms with Crippen LogP contribution in [0.15, 0.2) is 29.2 Å². The lowest BCUT2D eigenvalue weighted by Crippen LogP contribution is -2.47. The lowest BCUT2D eigenvalue weighted by Gasteiger charge is -2.26. The fourth-order valence-electron chi connectivity index (χ4n) is 3.14. The fourth-order valence-corrected chi connectivity index (χ4v) is 4.59. The highest BCUT2D eigenvalue weighted by Gasteiger charge is 2.29. The summed E-state index contributed by atoms with van der Waals surface area (Å²) >= 11 is 0. The van der Waals surface area contributed by atoms with Crippen LogP contribution in [0.4, 0.5) is 0 Å². The van der Waals surface area contributed by atoms with E-state index >= 15 is 0 Å². The second kappa shape index (κ2) is 11.1. The zero-order valence-corrected chi connectivity index (χ0v) is 20.5. The van der Waals surface area contributed by atoms with Gasteiger partial charge in [-0.2, -0.15) is 4.31 Å². The topological polar surface area (TPSA) is 131 Å². The van der Waals surface area contributed by atoms with Crippen molar-refractivity contribution in [3.05, 3.63) is 29.8 Å². The number of carbonyl (C=O) groups is 3. The van der Waals surface area contributed by atoms with E-state index in [9.17, 15) is 22.8 Å². The number of sulfonamides is 1. The smallest absolute Gasteiger partial charge is 0.329 e. The van der Waals surface area contributed by atoms with Crippen LogP contribution in [0.5, 0.6) is 0 Å². The molecule has 1 aliphatic rings. The lowest BCUT2D eigenvalue weighted by molar-refractivity contribution is -0.151. The standard InChI is InChI=1S/C22H33N3O7S/c1-15(2)19(21(28)32-14-18(26)24-22(3,4)5)23-20(27)16-7-6-8-17(13-16)33(29,30)25-9-11-31-12-10-25/h6-8,13,15,19H,9-12,14H2,1-5H3,(H,23,27)(H,24,26)/t19-/m0/s1. The first kappa shape index (κ1) is 26.7. The molecule has 2 N–H and O–H groups in total. The molecule has 1 atom stereocenters. The van der Waals surface area contributed by atoms with E-state index in [0.29, 0.717) is 13.2 Å². The van der Waals surface area contributed by atoms with Crippen molar-refractivity contribution in [2.24, 2.45) is 5.92 Å². The van der Waals surface area contributed by atoms with Gasteiger partial charge in [-0.05, 0) is 44.9 Å². The van der Waals surface area contributed by atoms with Crippen molar-refractivity contribution < 1.29 is 32.3 Å². The molecule has 184 valence electrons. The number of amides is 2. The highest BCUT2D eigenvalue weighted by Crippen LogP contribution is 2.19. The van der Waals surface area contributed by atoms with Gasteiger partial charge in [0, 0.05) is 24.2 Å². The van der Waals surface area contributed by atoms with Gasteiger partial charge < -0.3 is 20.1 Å². The first-order valence-corrected chi connectivity index (χ1v) is 12.2. The van der Waals surface area contributed by atoms with Crippen molar-refractivity contribution in [2.75, 3.05) is 32.9 Å². The Balaban J connectivity index is 2.09. The number of hydrogen-bond donors (Lipinski definition) is 2. The zero-order chi connectivity index (χ0) is 24.8. The predicted molar refractivity (Wildman–Crippen MR) is 121 cm³/mol. The molecule has 0 bridgehead atoms. The van der Waals surface area contributed by atoms with Crippen molar-refractivity contribution in [2.45, 2.75) is 51.1 Å².